The number of nitrogens with one attached hydrogen (secondary N) is 2. The first-order chi connectivity index (χ1) is 12.2. The maximum Gasteiger partial charge on any atom is 0.197 e. The molecule has 0 spiro atoms. The van der Waals surface area contributed by atoms with Gasteiger partial charge >= 0.3 is 0 Å². The first kappa shape index (κ1) is 19.6. The summed E-state index contributed by atoms with van der Waals surface area (Å²) in [7, 11) is 0. The first-order valence-corrected chi connectivity index (χ1v) is 9.71. The number of hydrogen-bond acceptors (Lipinski definition) is 2. The molecule has 1 aromatic carbocycles. The standard InChI is InChI=1S/C18H27N5S2/c1-3-22(4-2)17(24)19-16(15-11-7-5-8-12-15)20-21-18(25)23-13-9-6-10-14-23/h5,7-8,11-12H,3-4,6,9-10,13-14H2,1-2H3,(H,21,25)(H,19,20,24). The third kappa shape index (κ3) is 5.93. The second kappa shape index (κ2) is 10.3. The fourth-order valence-electron chi connectivity index (χ4n) is 2.71. The number of thiocarbonyl (C=S) groups is 2. The van der Waals surface area contributed by atoms with Crippen molar-refractivity contribution in [3.8, 4) is 0 Å². The average Bonchev–Trinajstić information content (AvgIpc) is 2.67. The minimum absolute atomic E-state index is 0.571. The SMILES string of the molecule is CCN(CC)C(=S)/N=C(/NNC(=S)N1CCCCC1)c1ccccc1. The molecule has 1 saturated heterocycles. The van der Waals surface area contributed by atoms with Crippen LogP contribution in [0.3, 0.4) is 0 Å². The van der Waals surface area contributed by atoms with E-state index in [-0.39, 0.29) is 0 Å². The van der Waals surface area contributed by atoms with Crippen molar-refractivity contribution in [3.05, 3.63) is 35.9 Å². The van der Waals surface area contributed by atoms with E-state index in [0.29, 0.717) is 16.1 Å². The number of likely N-dealkylation sites (tertiary alicyclic amines) is 1. The van der Waals surface area contributed by atoms with Gasteiger partial charge in [-0.1, -0.05) is 30.3 Å². The summed E-state index contributed by atoms with van der Waals surface area (Å²) in [5, 5.41) is 1.28. The number of benzene rings is 1. The van der Waals surface area contributed by atoms with Crippen LogP contribution in [0.15, 0.2) is 35.3 Å². The van der Waals surface area contributed by atoms with Gasteiger partial charge in [-0.3, -0.25) is 10.9 Å². The Morgan fingerprint density at radius 2 is 1.68 bits per heavy atom. The molecule has 1 aliphatic rings. The van der Waals surface area contributed by atoms with Gasteiger partial charge in [-0.15, -0.1) is 0 Å². The van der Waals surface area contributed by atoms with Crippen LogP contribution in [0.25, 0.3) is 0 Å². The van der Waals surface area contributed by atoms with Crippen LogP contribution in [0.1, 0.15) is 38.7 Å². The summed E-state index contributed by atoms with van der Waals surface area (Å²) in [5.74, 6) is 0.678. The summed E-state index contributed by atoms with van der Waals surface area (Å²) in [6, 6.07) is 9.95. The highest BCUT2D eigenvalue weighted by Crippen LogP contribution is 2.08. The Bertz CT molecular complexity index is 593. The smallest absolute Gasteiger partial charge is 0.197 e. The summed E-state index contributed by atoms with van der Waals surface area (Å²) in [6.45, 7) is 7.82. The van der Waals surface area contributed by atoms with E-state index in [0.717, 1.165) is 31.7 Å². The predicted octanol–water partition coefficient (Wildman–Crippen LogP) is 2.92. The van der Waals surface area contributed by atoms with Crippen molar-refractivity contribution in [1.29, 1.82) is 0 Å². The lowest BCUT2D eigenvalue weighted by Crippen LogP contribution is -2.50. The van der Waals surface area contributed by atoms with E-state index in [1.165, 1.54) is 19.3 Å². The average molecular weight is 378 g/mol. The third-order valence-corrected chi connectivity index (χ3v) is 4.93. The van der Waals surface area contributed by atoms with Crippen molar-refractivity contribution in [1.82, 2.24) is 20.7 Å². The number of hydrogen-bond donors (Lipinski definition) is 2. The molecule has 25 heavy (non-hydrogen) atoms. The lowest BCUT2D eigenvalue weighted by atomic mass is 10.1. The van der Waals surface area contributed by atoms with E-state index >= 15 is 0 Å². The largest absolute Gasteiger partial charge is 0.348 e. The molecular formula is C18H27N5S2. The van der Waals surface area contributed by atoms with Crippen LogP contribution in [0.4, 0.5) is 0 Å². The van der Waals surface area contributed by atoms with Gasteiger partial charge in [-0.05, 0) is 57.5 Å². The Hall–Kier alpha value is -1.73. The lowest BCUT2D eigenvalue weighted by molar-refractivity contribution is 0.336. The summed E-state index contributed by atoms with van der Waals surface area (Å²) in [4.78, 5) is 8.86. The highest BCUT2D eigenvalue weighted by molar-refractivity contribution is 7.80. The molecule has 1 fully saturated rings. The molecule has 1 aliphatic heterocycles. The molecule has 0 amide bonds. The normalized spacial score (nSPS) is 14.8. The van der Waals surface area contributed by atoms with Gasteiger partial charge in [-0.25, -0.2) is 4.99 Å². The topological polar surface area (TPSA) is 42.9 Å². The quantitative estimate of drug-likeness (QED) is 0.365. The maximum absolute atomic E-state index is 5.51. The fraction of sp³-hybridized carbons (Fsp3) is 0.500. The summed E-state index contributed by atoms with van der Waals surface area (Å²) < 4.78 is 0. The summed E-state index contributed by atoms with van der Waals surface area (Å²) in [6.07, 6.45) is 3.66. The van der Waals surface area contributed by atoms with Crippen LogP contribution < -0.4 is 10.9 Å². The molecule has 0 unspecified atom stereocenters. The molecular weight excluding hydrogens is 350 g/mol. The second-order valence-electron chi connectivity index (χ2n) is 5.88. The van der Waals surface area contributed by atoms with E-state index in [2.05, 4.69) is 34.6 Å². The number of nitrogens with zero attached hydrogens (tertiary/aromatic N) is 3. The highest BCUT2D eigenvalue weighted by atomic mass is 32.1. The molecule has 7 heteroatoms. The van der Waals surface area contributed by atoms with Crippen molar-refractivity contribution >= 4 is 40.5 Å². The number of aliphatic imine (C=N–C) groups is 1. The molecule has 136 valence electrons. The van der Waals surface area contributed by atoms with E-state index < -0.39 is 0 Å². The molecule has 1 aromatic rings. The van der Waals surface area contributed by atoms with Crippen molar-refractivity contribution < 1.29 is 0 Å². The van der Waals surface area contributed by atoms with Crippen LogP contribution in [0.5, 0.6) is 0 Å². The summed E-state index contributed by atoms with van der Waals surface area (Å²) in [5.41, 5.74) is 7.26. The van der Waals surface area contributed by atoms with E-state index in [1.807, 2.05) is 35.2 Å². The zero-order chi connectivity index (χ0) is 18.1. The Kier molecular flexibility index (Phi) is 8.08. The van der Waals surface area contributed by atoms with Gasteiger partial charge in [-0.2, -0.15) is 0 Å². The van der Waals surface area contributed by atoms with Gasteiger partial charge in [0.05, 0.1) is 0 Å². The van der Waals surface area contributed by atoms with Crippen LogP contribution in [-0.4, -0.2) is 52.0 Å². The van der Waals surface area contributed by atoms with Crippen LogP contribution in [0, 0.1) is 0 Å². The summed E-state index contributed by atoms with van der Waals surface area (Å²) >= 11 is 11.0. The molecule has 2 rings (SSSR count). The molecule has 0 bridgehead atoms. The van der Waals surface area contributed by atoms with Crippen molar-refractivity contribution in [2.45, 2.75) is 33.1 Å². The monoisotopic (exact) mass is 377 g/mol. The van der Waals surface area contributed by atoms with Crippen LogP contribution in [-0.2, 0) is 0 Å². The Balaban J connectivity index is 2.09. The van der Waals surface area contributed by atoms with Gasteiger partial charge in [0.1, 0.15) is 0 Å². The number of amidine groups is 1. The molecule has 2 N–H and O–H groups in total. The number of piperidine rings is 1. The molecule has 0 radical (unpaired) electrons. The number of hydrazine groups is 1. The van der Waals surface area contributed by atoms with Crippen LogP contribution in [0.2, 0.25) is 0 Å². The van der Waals surface area contributed by atoms with Crippen molar-refractivity contribution in [2.24, 2.45) is 4.99 Å². The maximum atomic E-state index is 5.51. The number of rotatable bonds is 3. The highest BCUT2D eigenvalue weighted by Gasteiger charge is 2.14. The fourth-order valence-corrected chi connectivity index (χ4v) is 3.29. The Labute approximate surface area is 161 Å². The van der Waals surface area contributed by atoms with Crippen molar-refractivity contribution in [2.75, 3.05) is 26.2 Å². The zero-order valence-corrected chi connectivity index (χ0v) is 16.6. The molecule has 0 atom stereocenters. The minimum Gasteiger partial charge on any atom is -0.348 e. The van der Waals surface area contributed by atoms with E-state index in [1.54, 1.807) is 0 Å². The van der Waals surface area contributed by atoms with Gasteiger partial charge in [0.15, 0.2) is 16.1 Å². The third-order valence-electron chi connectivity index (χ3n) is 4.22. The molecule has 0 saturated carbocycles. The van der Waals surface area contributed by atoms with Gasteiger partial charge in [0.25, 0.3) is 0 Å². The van der Waals surface area contributed by atoms with E-state index in [4.69, 9.17) is 24.4 Å². The zero-order valence-electron chi connectivity index (χ0n) is 15.0. The minimum atomic E-state index is 0.571. The predicted molar refractivity (Wildman–Crippen MR) is 113 cm³/mol. The second-order valence-corrected chi connectivity index (χ2v) is 6.64. The molecule has 0 aromatic heterocycles. The first-order valence-electron chi connectivity index (χ1n) is 8.89. The van der Waals surface area contributed by atoms with Gasteiger partial charge < -0.3 is 9.80 Å². The van der Waals surface area contributed by atoms with Gasteiger partial charge in [0.2, 0.25) is 0 Å². The Morgan fingerprint density at radius 1 is 1.04 bits per heavy atom. The Morgan fingerprint density at radius 3 is 2.28 bits per heavy atom. The van der Waals surface area contributed by atoms with Crippen LogP contribution >= 0.6 is 24.4 Å². The molecule has 0 aliphatic carbocycles. The molecule has 1 heterocycles. The van der Waals surface area contributed by atoms with E-state index in [9.17, 15) is 0 Å². The van der Waals surface area contributed by atoms with Gasteiger partial charge in [0, 0.05) is 31.7 Å². The molecule has 5 nitrogen and oxygen atoms in total. The van der Waals surface area contributed by atoms with Crippen molar-refractivity contribution in [3.63, 3.8) is 0 Å². The lowest BCUT2D eigenvalue weighted by Gasteiger charge is -2.29.